The number of carbonyl (C=O) groups excluding carboxylic acids is 1. The van der Waals surface area contributed by atoms with Crippen LogP contribution in [0.4, 0.5) is 0 Å². The summed E-state index contributed by atoms with van der Waals surface area (Å²) >= 11 is 0. The highest BCUT2D eigenvalue weighted by molar-refractivity contribution is 5.91. The highest BCUT2D eigenvalue weighted by Gasteiger charge is 1.92. The van der Waals surface area contributed by atoms with Crippen molar-refractivity contribution in [2.24, 2.45) is 0 Å². The lowest BCUT2D eigenvalue weighted by Crippen LogP contribution is -2.20. The smallest absolute Gasteiger partial charge is 0.244 e. The third kappa shape index (κ3) is 4.75. The number of aromatic nitrogens is 2. The van der Waals surface area contributed by atoms with Crippen LogP contribution in [0.15, 0.2) is 55.0 Å². The van der Waals surface area contributed by atoms with Crippen LogP contribution in [-0.2, 0) is 4.79 Å². The zero-order valence-corrected chi connectivity index (χ0v) is 10.8. The highest BCUT2D eigenvalue weighted by Crippen LogP contribution is 1.94. The molecule has 2 aromatic rings. The summed E-state index contributed by atoms with van der Waals surface area (Å²) in [5.41, 5.74) is 1.56. The Balaban J connectivity index is 1.79. The fourth-order valence-electron chi connectivity index (χ4n) is 1.42. The van der Waals surface area contributed by atoms with Crippen molar-refractivity contribution < 1.29 is 4.79 Å². The van der Waals surface area contributed by atoms with Gasteiger partial charge in [0.05, 0.1) is 18.4 Å². The predicted molar refractivity (Wildman–Crippen MR) is 77.4 cm³/mol. The Morgan fingerprint density at radius 1 is 1.25 bits per heavy atom. The van der Waals surface area contributed by atoms with Gasteiger partial charge in [-0.05, 0) is 18.2 Å². The summed E-state index contributed by atoms with van der Waals surface area (Å²) in [5, 5.41) is 2.68. The average molecular weight is 263 g/mol. The third-order valence-electron chi connectivity index (χ3n) is 2.35. The average Bonchev–Trinajstić information content (AvgIpc) is 2.52. The molecule has 0 saturated heterocycles. The quantitative estimate of drug-likeness (QED) is 0.677. The van der Waals surface area contributed by atoms with E-state index in [2.05, 4.69) is 27.1 Å². The molecule has 0 atom stereocenters. The minimum Gasteiger partial charge on any atom is -0.342 e. The van der Waals surface area contributed by atoms with Crippen LogP contribution in [0.3, 0.4) is 0 Å². The van der Waals surface area contributed by atoms with Crippen molar-refractivity contribution in [2.45, 2.75) is 0 Å². The molecule has 1 aromatic heterocycles. The van der Waals surface area contributed by atoms with Gasteiger partial charge < -0.3 is 5.32 Å². The van der Waals surface area contributed by atoms with Gasteiger partial charge >= 0.3 is 0 Å². The third-order valence-corrected chi connectivity index (χ3v) is 2.35. The van der Waals surface area contributed by atoms with E-state index in [9.17, 15) is 4.79 Å². The number of rotatable bonds is 3. The largest absolute Gasteiger partial charge is 0.342 e. The molecule has 4 nitrogen and oxygen atoms in total. The van der Waals surface area contributed by atoms with Gasteiger partial charge in [-0.3, -0.25) is 14.8 Å². The number of nitrogens with one attached hydrogen (secondary N) is 1. The minimum atomic E-state index is -0.210. The molecular weight excluding hydrogens is 250 g/mol. The van der Waals surface area contributed by atoms with Crippen molar-refractivity contribution in [1.29, 1.82) is 0 Å². The first-order valence-corrected chi connectivity index (χ1v) is 6.10. The van der Waals surface area contributed by atoms with Gasteiger partial charge in [0.1, 0.15) is 0 Å². The normalized spacial score (nSPS) is 9.80. The molecule has 20 heavy (non-hydrogen) atoms. The van der Waals surface area contributed by atoms with Crippen LogP contribution in [-0.4, -0.2) is 22.4 Å². The molecule has 0 unspecified atom stereocenters. The first kappa shape index (κ1) is 13.5. The second-order valence-corrected chi connectivity index (χ2v) is 3.85. The lowest BCUT2D eigenvalue weighted by Gasteiger charge is -1.94. The van der Waals surface area contributed by atoms with E-state index in [1.807, 2.05) is 30.3 Å². The van der Waals surface area contributed by atoms with Crippen molar-refractivity contribution in [3.8, 4) is 11.8 Å². The Kier molecular flexibility index (Phi) is 5.06. The Labute approximate surface area is 117 Å². The van der Waals surface area contributed by atoms with Crippen LogP contribution in [0.5, 0.6) is 0 Å². The molecule has 0 aliphatic heterocycles. The number of hydrogen-bond acceptors (Lipinski definition) is 3. The molecular formula is C16H13N3O. The van der Waals surface area contributed by atoms with Gasteiger partial charge in [-0.2, -0.15) is 0 Å². The van der Waals surface area contributed by atoms with E-state index >= 15 is 0 Å². The molecule has 0 saturated carbocycles. The molecule has 98 valence electrons. The SMILES string of the molecule is O=C(C=Cc1cnccn1)NCC#Cc1ccccc1. The minimum absolute atomic E-state index is 0.210. The van der Waals surface area contributed by atoms with Crippen LogP contribution in [0, 0.1) is 11.8 Å². The monoisotopic (exact) mass is 263 g/mol. The summed E-state index contributed by atoms with van der Waals surface area (Å²) in [7, 11) is 0. The summed E-state index contributed by atoms with van der Waals surface area (Å²) < 4.78 is 0. The second kappa shape index (κ2) is 7.49. The van der Waals surface area contributed by atoms with Crippen molar-refractivity contribution in [3.63, 3.8) is 0 Å². The number of amides is 1. The lowest BCUT2D eigenvalue weighted by atomic mass is 10.2. The standard InChI is InChI=1S/C16H13N3O/c20-16(9-8-15-13-17-11-12-18-15)19-10-4-7-14-5-2-1-3-6-14/h1-3,5-6,8-9,11-13H,10H2,(H,19,20). The van der Waals surface area contributed by atoms with E-state index in [0.717, 1.165) is 5.56 Å². The second-order valence-electron chi connectivity index (χ2n) is 3.85. The number of benzene rings is 1. The Morgan fingerprint density at radius 2 is 2.10 bits per heavy atom. The van der Waals surface area contributed by atoms with Gasteiger partial charge in [-0.1, -0.05) is 30.0 Å². The van der Waals surface area contributed by atoms with E-state index in [1.165, 1.54) is 6.08 Å². The zero-order chi connectivity index (χ0) is 14.0. The summed E-state index contributed by atoms with van der Waals surface area (Å²) in [4.78, 5) is 19.4. The molecule has 1 aromatic carbocycles. The first-order chi connectivity index (χ1) is 9.84. The Bertz CT molecular complexity index is 640. The highest BCUT2D eigenvalue weighted by atomic mass is 16.1. The number of hydrogen-bond donors (Lipinski definition) is 1. The number of carbonyl (C=O) groups is 1. The topological polar surface area (TPSA) is 54.9 Å². The maximum atomic E-state index is 11.5. The maximum absolute atomic E-state index is 11.5. The van der Waals surface area contributed by atoms with E-state index in [0.29, 0.717) is 12.2 Å². The summed E-state index contributed by atoms with van der Waals surface area (Å²) in [6, 6.07) is 9.62. The molecule has 4 heteroatoms. The predicted octanol–water partition coefficient (Wildman–Crippen LogP) is 1.66. The van der Waals surface area contributed by atoms with Gasteiger partial charge in [-0.15, -0.1) is 0 Å². The molecule has 0 aliphatic carbocycles. The fourth-order valence-corrected chi connectivity index (χ4v) is 1.42. The van der Waals surface area contributed by atoms with Crippen LogP contribution in [0.2, 0.25) is 0 Å². The molecule has 1 amide bonds. The number of nitrogens with zero attached hydrogens (tertiary/aromatic N) is 2. The van der Waals surface area contributed by atoms with Crippen molar-refractivity contribution >= 4 is 12.0 Å². The van der Waals surface area contributed by atoms with Crippen LogP contribution < -0.4 is 5.32 Å². The molecule has 0 spiro atoms. The molecule has 1 N–H and O–H groups in total. The Hall–Kier alpha value is -2.93. The van der Waals surface area contributed by atoms with E-state index < -0.39 is 0 Å². The van der Waals surface area contributed by atoms with E-state index in [1.54, 1.807) is 24.7 Å². The van der Waals surface area contributed by atoms with Gasteiger partial charge in [-0.25, -0.2) is 0 Å². The van der Waals surface area contributed by atoms with E-state index in [4.69, 9.17) is 0 Å². The van der Waals surface area contributed by atoms with Crippen molar-refractivity contribution in [2.75, 3.05) is 6.54 Å². The van der Waals surface area contributed by atoms with Crippen LogP contribution in [0.1, 0.15) is 11.3 Å². The lowest BCUT2D eigenvalue weighted by molar-refractivity contribution is -0.116. The fraction of sp³-hybridized carbons (Fsp3) is 0.0625. The van der Waals surface area contributed by atoms with Crippen molar-refractivity contribution in [1.82, 2.24) is 15.3 Å². The molecule has 1 heterocycles. The summed E-state index contributed by atoms with van der Waals surface area (Å²) in [6.07, 6.45) is 7.75. The Morgan fingerprint density at radius 3 is 2.85 bits per heavy atom. The van der Waals surface area contributed by atoms with Crippen LogP contribution in [0.25, 0.3) is 6.08 Å². The molecule has 0 bridgehead atoms. The zero-order valence-electron chi connectivity index (χ0n) is 10.8. The van der Waals surface area contributed by atoms with E-state index in [-0.39, 0.29) is 5.91 Å². The summed E-state index contributed by atoms with van der Waals surface area (Å²) in [5.74, 6) is 5.64. The first-order valence-electron chi connectivity index (χ1n) is 6.10. The van der Waals surface area contributed by atoms with Gasteiger partial charge in [0.15, 0.2) is 0 Å². The van der Waals surface area contributed by atoms with Gasteiger partial charge in [0.25, 0.3) is 0 Å². The molecule has 0 radical (unpaired) electrons. The molecule has 2 rings (SSSR count). The molecule has 0 aliphatic rings. The maximum Gasteiger partial charge on any atom is 0.244 e. The van der Waals surface area contributed by atoms with Crippen LogP contribution >= 0.6 is 0 Å². The van der Waals surface area contributed by atoms with Crippen molar-refractivity contribution in [3.05, 3.63) is 66.3 Å². The summed E-state index contributed by atoms with van der Waals surface area (Å²) in [6.45, 7) is 0.304. The molecule has 0 fully saturated rings. The van der Waals surface area contributed by atoms with Gasteiger partial charge in [0, 0.05) is 24.0 Å². The van der Waals surface area contributed by atoms with Gasteiger partial charge in [0.2, 0.25) is 5.91 Å².